The Bertz CT molecular complexity index is 1410. The van der Waals surface area contributed by atoms with Crippen LogP contribution < -0.4 is 15.6 Å². The molecule has 1 aliphatic rings. The van der Waals surface area contributed by atoms with Crippen LogP contribution in [0.25, 0.3) is 33.4 Å². The molecule has 1 atom stereocenters. The van der Waals surface area contributed by atoms with E-state index >= 15 is 0 Å². The zero-order chi connectivity index (χ0) is 23.7. The van der Waals surface area contributed by atoms with Crippen molar-refractivity contribution in [3.63, 3.8) is 0 Å². The van der Waals surface area contributed by atoms with Crippen LogP contribution in [0.4, 0.5) is 8.78 Å². The molecule has 1 unspecified atom stereocenters. The molecule has 34 heavy (non-hydrogen) atoms. The van der Waals surface area contributed by atoms with E-state index in [4.69, 9.17) is 9.72 Å². The summed E-state index contributed by atoms with van der Waals surface area (Å²) in [7, 11) is 1.60. The lowest BCUT2D eigenvalue weighted by atomic mass is 9.99. The van der Waals surface area contributed by atoms with E-state index in [0.29, 0.717) is 46.1 Å². The summed E-state index contributed by atoms with van der Waals surface area (Å²) >= 11 is 0. The van der Waals surface area contributed by atoms with Crippen LogP contribution in [-0.4, -0.2) is 29.8 Å². The van der Waals surface area contributed by atoms with E-state index in [1.807, 2.05) is 24.3 Å². The standard InChI is InChI=1S/C27H25F2N3O2/c1-34-25-7-3-2-6-20(25)26-31-24-11-9-18(19-8-10-22(28)23(29)14-19)13-21(24)27(33)32(26)16-17-5-4-12-30-15-17/h2-3,6-11,13-14,17,30H,4-5,12,15-16H2,1H3. The average molecular weight is 462 g/mol. The highest BCUT2D eigenvalue weighted by Gasteiger charge is 2.21. The number of fused-ring (bicyclic) bond motifs is 1. The maximum Gasteiger partial charge on any atom is 0.261 e. The number of hydrogen-bond donors (Lipinski definition) is 1. The first kappa shape index (κ1) is 22.2. The number of para-hydroxylation sites is 1. The van der Waals surface area contributed by atoms with Crippen LogP contribution >= 0.6 is 0 Å². The molecule has 1 aromatic heterocycles. The first-order valence-corrected chi connectivity index (χ1v) is 11.4. The topological polar surface area (TPSA) is 56.1 Å². The van der Waals surface area contributed by atoms with Crippen LogP contribution in [0.3, 0.4) is 0 Å². The molecule has 0 bridgehead atoms. The van der Waals surface area contributed by atoms with E-state index in [2.05, 4.69) is 5.32 Å². The van der Waals surface area contributed by atoms with E-state index in [-0.39, 0.29) is 5.56 Å². The summed E-state index contributed by atoms with van der Waals surface area (Å²) in [4.78, 5) is 18.7. The number of hydrogen-bond acceptors (Lipinski definition) is 4. The molecule has 0 saturated carbocycles. The molecule has 1 fully saturated rings. The van der Waals surface area contributed by atoms with Crippen molar-refractivity contribution in [1.82, 2.24) is 14.9 Å². The van der Waals surface area contributed by atoms with Gasteiger partial charge in [-0.15, -0.1) is 0 Å². The smallest absolute Gasteiger partial charge is 0.261 e. The molecule has 4 aromatic rings. The van der Waals surface area contributed by atoms with Gasteiger partial charge in [0.15, 0.2) is 11.6 Å². The highest BCUT2D eigenvalue weighted by molar-refractivity contribution is 5.85. The van der Waals surface area contributed by atoms with E-state index in [9.17, 15) is 13.6 Å². The van der Waals surface area contributed by atoms with Gasteiger partial charge in [0, 0.05) is 6.54 Å². The Balaban J connectivity index is 1.70. The summed E-state index contributed by atoms with van der Waals surface area (Å²) in [5, 5.41) is 3.84. The number of halogens is 2. The molecule has 0 radical (unpaired) electrons. The van der Waals surface area contributed by atoms with Gasteiger partial charge in [0.05, 0.1) is 23.6 Å². The van der Waals surface area contributed by atoms with Crippen molar-refractivity contribution in [2.45, 2.75) is 19.4 Å². The van der Waals surface area contributed by atoms with Gasteiger partial charge in [-0.25, -0.2) is 13.8 Å². The van der Waals surface area contributed by atoms with Gasteiger partial charge in [0.2, 0.25) is 0 Å². The fraction of sp³-hybridized carbons (Fsp3) is 0.259. The average Bonchev–Trinajstić information content (AvgIpc) is 2.87. The lowest BCUT2D eigenvalue weighted by Gasteiger charge is -2.25. The summed E-state index contributed by atoms with van der Waals surface area (Å²) < 4.78 is 34.5. The predicted molar refractivity (Wildman–Crippen MR) is 129 cm³/mol. The second-order valence-corrected chi connectivity index (χ2v) is 8.62. The zero-order valence-corrected chi connectivity index (χ0v) is 18.9. The molecule has 1 N–H and O–H groups in total. The van der Waals surface area contributed by atoms with Crippen LogP contribution in [0.1, 0.15) is 12.8 Å². The summed E-state index contributed by atoms with van der Waals surface area (Å²) in [6.07, 6.45) is 2.09. The third kappa shape index (κ3) is 4.19. The Kier molecular flexibility index (Phi) is 6.11. The number of nitrogens with one attached hydrogen (secondary N) is 1. The molecule has 0 aliphatic carbocycles. The van der Waals surface area contributed by atoms with Crippen LogP contribution in [0.2, 0.25) is 0 Å². The summed E-state index contributed by atoms with van der Waals surface area (Å²) in [5.74, 6) is -0.335. The molecule has 1 saturated heterocycles. The Hall–Kier alpha value is -3.58. The summed E-state index contributed by atoms with van der Waals surface area (Å²) in [6, 6.07) is 16.5. The van der Waals surface area contributed by atoms with Gasteiger partial charge in [-0.1, -0.05) is 24.3 Å². The van der Waals surface area contributed by atoms with Crippen molar-refractivity contribution < 1.29 is 13.5 Å². The summed E-state index contributed by atoms with van der Waals surface area (Å²) in [5.41, 5.74) is 2.24. The van der Waals surface area contributed by atoms with Gasteiger partial charge in [-0.2, -0.15) is 0 Å². The number of methoxy groups -OCH3 is 1. The third-order valence-electron chi connectivity index (χ3n) is 6.39. The first-order chi connectivity index (χ1) is 16.5. The van der Waals surface area contributed by atoms with Crippen LogP contribution in [-0.2, 0) is 6.54 Å². The Morgan fingerprint density at radius 1 is 1.06 bits per heavy atom. The second-order valence-electron chi connectivity index (χ2n) is 8.62. The molecule has 7 heteroatoms. The van der Waals surface area contributed by atoms with E-state index < -0.39 is 11.6 Å². The van der Waals surface area contributed by atoms with Crippen molar-refractivity contribution in [2.24, 2.45) is 5.92 Å². The van der Waals surface area contributed by atoms with Crippen molar-refractivity contribution in [3.05, 3.63) is 82.7 Å². The van der Waals surface area contributed by atoms with Gasteiger partial charge in [0.1, 0.15) is 11.6 Å². The van der Waals surface area contributed by atoms with Gasteiger partial charge >= 0.3 is 0 Å². The number of nitrogens with zero attached hydrogens (tertiary/aromatic N) is 2. The minimum absolute atomic E-state index is 0.166. The number of aromatic nitrogens is 2. The number of piperidine rings is 1. The molecule has 5 rings (SSSR count). The maximum atomic E-state index is 13.8. The predicted octanol–water partition coefficient (Wildman–Crippen LogP) is 5.02. The highest BCUT2D eigenvalue weighted by Crippen LogP contribution is 2.31. The fourth-order valence-electron chi connectivity index (χ4n) is 4.62. The van der Waals surface area contributed by atoms with Crippen LogP contribution in [0.5, 0.6) is 5.75 Å². The molecule has 0 amide bonds. The number of benzene rings is 3. The van der Waals surface area contributed by atoms with Gasteiger partial charge in [-0.3, -0.25) is 9.36 Å². The lowest BCUT2D eigenvalue weighted by molar-refractivity contribution is 0.334. The molecular weight excluding hydrogens is 436 g/mol. The van der Waals surface area contributed by atoms with E-state index in [0.717, 1.165) is 43.6 Å². The largest absolute Gasteiger partial charge is 0.496 e. The van der Waals surface area contributed by atoms with Crippen LogP contribution in [0, 0.1) is 17.6 Å². The number of rotatable bonds is 5. The fourth-order valence-corrected chi connectivity index (χ4v) is 4.62. The van der Waals surface area contributed by atoms with Crippen molar-refractivity contribution in [1.29, 1.82) is 0 Å². The van der Waals surface area contributed by atoms with E-state index in [1.165, 1.54) is 6.07 Å². The summed E-state index contributed by atoms with van der Waals surface area (Å²) in [6.45, 7) is 2.35. The lowest BCUT2D eigenvalue weighted by Crippen LogP contribution is -2.35. The molecule has 174 valence electrons. The maximum absolute atomic E-state index is 13.8. The molecular formula is C27H25F2N3O2. The van der Waals surface area contributed by atoms with Crippen molar-refractivity contribution in [2.75, 3.05) is 20.2 Å². The van der Waals surface area contributed by atoms with Gasteiger partial charge in [0.25, 0.3) is 5.56 Å². The van der Waals surface area contributed by atoms with E-state index in [1.54, 1.807) is 29.9 Å². The molecule has 1 aliphatic heterocycles. The highest BCUT2D eigenvalue weighted by atomic mass is 19.2. The van der Waals surface area contributed by atoms with Gasteiger partial charge < -0.3 is 10.1 Å². The van der Waals surface area contributed by atoms with Crippen molar-refractivity contribution in [3.8, 4) is 28.3 Å². The first-order valence-electron chi connectivity index (χ1n) is 11.4. The van der Waals surface area contributed by atoms with Gasteiger partial charge in [-0.05, 0) is 79.4 Å². The Morgan fingerprint density at radius 3 is 2.62 bits per heavy atom. The zero-order valence-electron chi connectivity index (χ0n) is 18.9. The molecule has 0 spiro atoms. The molecule has 3 aromatic carbocycles. The quantitative estimate of drug-likeness (QED) is 0.454. The minimum atomic E-state index is -0.926. The SMILES string of the molecule is COc1ccccc1-c1nc2ccc(-c3ccc(F)c(F)c3)cc2c(=O)n1CC1CCCNC1. The second kappa shape index (κ2) is 9.35. The monoisotopic (exact) mass is 461 g/mol. The van der Waals surface area contributed by atoms with Crippen LogP contribution in [0.15, 0.2) is 65.5 Å². The normalized spacial score (nSPS) is 16.0. The molecule has 5 nitrogen and oxygen atoms in total. The molecule has 2 heterocycles. The Morgan fingerprint density at radius 2 is 1.85 bits per heavy atom. The van der Waals surface area contributed by atoms with Crippen molar-refractivity contribution >= 4 is 10.9 Å². The Labute approximate surface area is 196 Å². The third-order valence-corrected chi connectivity index (χ3v) is 6.39. The number of ether oxygens (including phenoxy) is 1. The minimum Gasteiger partial charge on any atom is -0.496 e.